The number of nitrogens with one attached hydrogen (secondary N) is 2. The molecule has 2 aromatic heterocycles. The number of hydrogen-bond acceptors (Lipinski definition) is 8. The van der Waals surface area contributed by atoms with Gasteiger partial charge in [-0.25, -0.2) is 13.4 Å². The van der Waals surface area contributed by atoms with E-state index in [0.29, 0.717) is 44.3 Å². The lowest BCUT2D eigenvalue weighted by Gasteiger charge is -2.36. The SMILES string of the molecule is COCCNc1ccc(S(=O)(=O)N2CC[C@@H](NC(=O)c3cc(C4CC4)on3)C[C@H]2C)cn1. The molecule has 0 aromatic carbocycles. The van der Waals surface area contributed by atoms with E-state index in [0.717, 1.165) is 18.6 Å². The van der Waals surface area contributed by atoms with Crippen LogP contribution in [-0.2, 0) is 14.8 Å². The van der Waals surface area contributed by atoms with Crippen LogP contribution in [0.25, 0.3) is 0 Å². The lowest BCUT2D eigenvalue weighted by Crippen LogP contribution is -2.50. The zero-order chi connectivity index (χ0) is 22.7. The fourth-order valence-corrected chi connectivity index (χ4v) is 5.51. The number of aromatic nitrogens is 2. The van der Waals surface area contributed by atoms with Crippen molar-refractivity contribution in [3.63, 3.8) is 0 Å². The van der Waals surface area contributed by atoms with Crippen molar-refractivity contribution >= 4 is 21.7 Å². The average molecular weight is 464 g/mol. The van der Waals surface area contributed by atoms with Gasteiger partial charge < -0.3 is 19.9 Å². The number of pyridine rings is 1. The molecule has 3 heterocycles. The molecule has 2 aromatic rings. The topological polar surface area (TPSA) is 127 Å². The lowest BCUT2D eigenvalue weighted by atomic mass is 10.0. The molecular weight excluding hydrogens is 434 g/mol. The Morgan fingerprint density at radius 2 is 2.12 bits per heavy atom. The maximum Gasteiger partial charge on any atom is 0.273 e. The fourth-order valence-electron chi connectivity index (χ4n) is 3.91. The molecule has 0 unspecified atom stereocenters. The number of sulfonamides is 1. The van der Waals surface area contributed by atoms with Crippen molar-refractivity contribution in [1.29, 1.82) is 0 Å². The van der Waals surface area contributed by atoms with Gasteiger partial charge in [-0.15, -0.1) is 0 Å². The first-order chi connectivity index (χ1) is 15.4. The number of anilines is 1. The summed E-state index contributed by atoms with van der Waals surface area (Å²) < 4.78 is 38.0. The van der Waals surface area contributed by atoms with Gasteiger partial charge in [0.05, 0.1) is 6.61 Å². The number of rotatable bonds is 9. The van der Waals surface area contributed by atoms with E-state index in [-0.39, 0.29) is 28.6 Å². The van der Waals surface area contributed by atoms with Crippen molar-refractivity contribution in [2.24, 2.45) is 0 Å². The molecule has 0 spiro atoms. The van der Waals surface area contributed by atoms with Crippen LogP contribution < -0.4 is 10.6 Å². The van der Waals surface area contributed by atoms with Crippen molar-refractivity contribution < 1.29 is 22.5 Å². The molecule has 2 atom stereocenters. The van der Waals surface area contributed by atoms with Crippen LogP contribution in [0.2, 0.25) is 0 Å². The summed E-state index contributed by atoms with van der Waals surface area (Å²) in [6, 6.07) is 4.51. The molecule has 4 rings (SSSR count). The van der Waals surface area contributed by atoms with E-state index in [9.17, 15) is 13.2 Å². The van der Waals surface area contributed by atoms with Gasteiger partial charge in [-0.05, 0) is 44.7 Å². The summed E-state index contributed by atoms with van der Waals surface area (Å²) in [7, 11) is -2.07. The number of hydrogen-bond donors (Lipinski definition) is 2. The quantitative estimate of drug-likeness (QED) is 0.541. The minimum Gasteiger partial charge on any atom is -0.383 e. The van der Waals surface area contributed by atoms with Crippen molar-refractivity contribution in [3.8, 4) is 0 Å². The van der Waals surface area contributed by atoms with E-state index in [1.807, 2.05) is 6.92 Å². The summed E-state index contributed by atoms with van der Waals surface area (Å²) in [5.41, 5.74) is 0.278. The van der Waals surface area contributed by atoms with E-state index in [2.05, 4.69) is 20.8 Å². The van der Waals surface area contributed by atoms with Crippen LogP contribution in [-0.4, -0.2) is 67.7 Å². The largest absolute Gasteiger partial charge is 0.383 e. The molecule has 2 aliphatic rings. The molecule has 32 heavy (non-hydrogen) atoms. The van der Waals surface area contributed by atoms with Gasteiger partial charge in [0, 0.05) is 50.5 Å². The second kappa shape index (κ2) is 9.55. The van der Waals surface area contributed by atoms with Crippen LogP contribution in [0.15, 0.2) is 33.8 Å². The molecule has 1 amide bonds. The van der Waals surface area contributed by atoms with Crippen molar-refractivity contribution in [3.05, 3.63) is 35.9 Å². The predicted octanol–water partition coefficient (Wildman–Crippen LogP) is 1.98. The van der Waals surface area contributed by atoms with Crippen LogP contribution in [0.3, 0.4) is 0 Å². The summed E-state index contributed by atoms with van der Waals surface area (Å²) in [5, 5.41) is 9.91. The number of carbonyl (C=O) groups excluding carboxylic acids is 1. The summed E-state index contributed by atoms with van der Waals surface area (Å²) in [4.78, 5) is 16.9. The van der Waals surface area contributed by atoms with Gasteiger partial charge in [0.15, 0.2) is 5.69 Å². The van der Waals surface area contributed by atoms with Crippen molar-refractivity contribution in [2.75, 3.05) is 32.1 Å². The van der Waals surface area contributed by atoms with Gasteiger partial charge in [0.1, 0.15) is 16.5 Å². The first kappa shape index (κ1) is 22.7. The van der Waals surface area contributed by atoms with Gasteiger partial charge >= 0.3 is 0 Å². The molecular formula is C21H29N5O5S. The third-order valence-corrected chi connectivity index (χ3v) is 7.84. The first-order valence-corrected chi connectivity index (χ1v) is 12.3. The molecule has 174 valence electrons. The van der Waals surface area contributed by atoms with Crippen LogP contribution in [0, 0.1) is 0 Å². The fraction of sp³-hybridized carbons (Fsp3) is 0.571. The van der Waals surface area contributed by atoms with Crippen molar-refractivity contribution in [1.82, 2.24) is 19.8 Å². The zero-order valence-corrected chi connectivity index (χ0v) is 19.1. The number of carbonyl (C=O) groups is 1. The molecule has 2 fully saturated rings. The lowest BCUT2D eigenvalue weighted by molar-refractivity contribution is 0.0905. The summed E-state index contributed by atoms with van der Waals surface area (Å²) in [5.74, 6) is 1.46. The second-order valence-electron chi connectivity index (χ2n) is 8.35. The minimum absolute atomic E-state index is 0.129. The number of piperidine rings is 1. The molecule has 1 saturated heterocycles. The molecule has 0 bridgehead atoms. The highest BCUT2D eigenvalue weighted by molar-refractivity contribution is 7.89. The van der Waals surface area contributed by atoms with E-state index < -0.39 is 10.0 Å². The van der Waals surface area contributed by atoms with Crippen LogP contribution in [0.4, 0.5) is 5.82 Å². The minimum atomic E-state index is -3.68. The Hall–Kier alpha value is -2.50. The Bertz CT molecular complexity index is 1040. The monoisotopic (exact) mass is 463 g/mol. The highest BCUT2D eigenvalue weighted by Crippen LogP contribution is 2.40. The number of amides is 1. The van der Waals surface area contributed by atoms with Gasteiger partial charge in [0.2, 0.25) is 10.0 Å². The van der Waals surface area contributed by atoms with E-state index in [1.165, 1.54) is 10.5 Å². The van der Waals surface area contributed by atoms with E-state index in [1.54, 1.807) is 25.3 Å². The third-order valence-electron chi connectivity index (χ3n) is 5.85. The first-order valence-electron chi connectivity index (χ1n) is 10.9. The Kier molecular flexibility index (Phi) is 6.77. The summed E-state index contributed by atoms with van der Waals surface area (Å²) >= 11 is 0. The van der Waals surface area contributed by atoms with Gasteiger partial charge in [0.25, 0.3) is 5.91 Å². The van der Waals surface area contributed by atoms with Gasteiger partial charge in [-0.2, -0.15) is 4.31 Å². The Morgan fingerprint density at radius 1 is 1.31 bits per heavy atom. The van der Waals surface area contributed by atoms with Crippen LogP contribution in [0.1, 0.15) is 54.8 Å². The number of nitrogens with zero attached hydrogens (tertiary/aromatic N) is 3. The van der Waals surface area contributed by atoms with Crippen LogP contribution in [0.5, 0.6) is 0 Å². The number of ether oxygens (including phenoxy) is 1. The highest BCUT2D eigenvalue weighted by Gasteiger charge is 2.36. The molecule has 1 aliphatic carbocycles. The Balaban J connectivity index is 1.34. The number of methoxy groups -OCH3 is 1. The van der Waals surface area contributed by atoms with Crippen LogP contribution >= 0.6 is 0 Å². The third kappa shape index (κ3) is 5.11. The summed E-state index contributed by atoms with van der Waals surface area (Å²) in [6.45, 7) is 3.28. The van der Waals surface area contributed by atoms with E-state index in [4.69, 9.17) is 9.26 Å². The maximum atomic E-state index is 13.1. The smallest absolute Gasteiger partial charge is 0.273 e. The van der Waals surface area contributed by atoms with Gasteiger partial charge in [-0.3, -0.25) is 4.79 Å². The normalized spacial score (nSPS) is 21.9. The molecule has 0 radical (unpaired) electrons. The molecule has 1 saturated carbocycles. The Morgan fingerprint density at radius 3 is 2.78 bits per heavy atom. The molecule has 1 aliphatic heterocycles. The standard InChI is InChI=1S/C21H29N5O5S/c1-14-11-16(24-21(27)18-12-19(31-25-18)15-3-4-15)7-9-26(14)32(28,29)17-5-6-20(23-13-17)22-8-10-30-2/h5-6,12-16H,3-4,7-11H2,1-2H3,(H,22,23)(H,24,27)/t14-,16-/m1/s1. The second-order valence-corrected chi connectivity index (χ2v) is 10.2. The van der Waals surface area contributed by atoms with E-state index >= 15 is 0 Å². The van der Waals surface area contributed by atoms with Crippen molar-refractivity contribution in [2.45, 2.75) is 55.5 Å². The molecule has 2 N–H and O–H groups in total. The van der Waals surface area contributed by atoms with Gasteiger partial charge in [-0.1, -0.05) is 5.16 Å². The summed E-state index contributed by atoms with van der Waals surface area (Å²) in [6.07, 6.45) is 4.55. The molecule has 10 nitrogen and oxygen atoms in total. The Labute approximate surface area is 187 Å². The maximum absolute atomic E-state index is 13.1. The predicted molar refractivity (Wildman–Crippen MR) is 117 cm³/mol. The zero-order valence-electron chi connectivity index (χ0n) is 18.3. The highest BCUT2D eigenvalue weighted by atomic mass is 32.2. The average Bonchev–Trinajstić information content (AvgIpc) is 3.50. The molecule has 11 heteroatoms.